The van der Waals surface area contributed by atoms with Gasteiger partial charge in [0.25, 0.3) is 5.91 Å². The second-order valence-electron chi connectivity index (χ2n) is 6.40. The zero-order valence-electron chi connectivity index (χ0n) is 15.4. The summed E-state index contributed by atoms with van der Waals surface area (Å²) in [5.41, 5.74) is 2.75. The minimum atomic E-state index is -0.256. The molecule has 0 atom stereocenters. The van der Waals surface area contributed by atoms with Crippen molar-refractivity contribution in [1.29, 1.82) is 0 Å². The van der Waals surface area contributed by atoms with Crippen LogP contribution in [0.3, 0.4) is 0 Å². The van der Waals surface area contributed by atoms with Crippen LogP contribution in [0.15, 0.2) is 60.9 Å². The quantitative estimate of drug-likeness (QED) is 0.563. The lowest BCUT2D eigenvalue weighted by atomic mass is 10.1. The summed E-state index contributed by atoms with van der Waals surface area (Å²) in [6, 6.07) is 14.3. The number of aromatic nitrogens is 3. The molecule has 0 aliphatic rings. The van der Waals surface area contributed by atoms with Gasteiger partial charge in [-0.1, -0.05) is 12.1 Å². The van der Waals surface area contributed by atoms with Crippen LogP contribution >= 0.6 is 0 Å². The molecular weight excluding hydrogens is 356 g/mol. The highest BCUT2D eigenvalue weighted by Crippen LogP contribution is 2.27. The number of hydrogen-bond acceptors (Lipinski definition) is 5. The third kappa shape index (κ3) is 3.37. The van der Waals surface area contributed by atoms with Crippen molar-refractivity contribution in [3.63, 3.8) is 0 Å². The normalized spacial score (nSPS) is 10.8. The van der Waals surface area contributed by atoms with E-state index < -0.39 is 0 Å². The van der Waals surface area contributed by atoms with Gasteiger partial charge in [0.2, 0.25) is 0 Å². The Labute approximate surface area is 161 Å². The number of rotatable bonds is 4. The first-order valence-electron chi connectivity index (χ1n) is 8.66. The van der Waals surface area contributed by atoms with Crippen molar-refractivity contribution in [1.82, 2.24) is 14.5 Å². The molecule has 1 amide bonds. The van der Waals surface area contributed by atoms with Crippen LogP contribution in [0.4, 0.5) is 5.69 Å². The van der Waals surface area contributed by atoms with Gasteiger partial charge >= 0.3 is 6.01 Å². The van der Waals surface area contributed by atoms with Gasteiger partial charge in [0.15, 0.2) is 5.88 Å². The highest BCUT2D eigenvalue weighted by Gasteiger charge is 2.12. The highest BCUT2D eigenvalue weighted by molar-refractivity contribution is 6.06. The van der Waals surface area contributed by atoms with Crippen molar-refractivity contribution in [3.8, 4) is 17.6 Å². The van der Waals surface area contributed by atoms with Crippen LogP contribution in [0.25, 0.3) is 10.9 Å². The van der Waals surface area contributed by atoms with E-state index in [1.807, 2.05) is 13.0 Å². The number of aromatic hydroxyl groups is 1. The molecule has 140 valence electrons. The summed E-state index contributed by atoms with van der Waals surface area (Å²) in [6.07, 6.45) is 3.20. The van der Waals surface area contributed by atoms with Crippen LogP contribution < -0.4 is 10.1 Å². The first-order valence-corrected chi connectivity index (χ1v) is 8.66. The largest absolute Gasteiger partial charge is 0.494 e. The van der Waals surface area contributed by atoms with Gasteiger partial charge in [0.05, 0.1) is 5.52 Å². The zero-order valence-corrected chi connectivity index (χ0v) is 15.4. The lowest BCUT2D eigenvalue weighted by molar-refractivity contribution is 0.102. The van der Waals surface area contributed by atoms with Gasteiger partial charge in [-0.2, -0.15) is 0 Å². The van der Waals surface area contributed by atoms with E-state index >= 15 is 0 Å². The van der Waals surface area contributed by atoms with Crippen LogP contribution in [0.2, 0.25) is 0 Å². The maximum atomic E-state index is 12.7. The monoisotopic (exact) mass is 374 g/mol. The van der Waals surface area contributed by atoms with Crippen molar-refractivity contribution in [2.24, 2.45) is 7.05 Å². The lowest BCUT2D eigenvalue weighted by Crippen LogP contribution is -2.12. The number of fused-ring (bicyclic) bond motifs is 1. The first-order chi connectivity index (χ1) is 13.5. The van der Waals surface area contributed by atoms with Crippen molar-refractivity contribution >= 4 is 22.5 Å². The van der Waals surface area contributed by atoms with E-state index in [0.717, 1.165) is 16.5 Å². The average Bonchev–Trinajstić information content (AvgIpc) is 2.99. The second-order valence-corrected chi connectivity index (χ2v) is 6.40. The predicted octanol–water partition coefficient (Wildman–Crippen LogP) is 4.03. The molecule has 0 unspecified atom stereocenters. The molecule has 7 heteroatoms. The molecule has 0 saturated heterocycles. The molecule has 4 rings (SSSR count). The molecule has 2 aromatic carbocycles. The van der Waals surface area contributed by atoms with E-state index in [9.17, 15) is 9.90 Å². The van der Waals surface area contributed by atoms with Crippen molar-refractivity contribution in [2.45, 2.75) is 6.92 Å². The number of carbonyl (C=O) groups excluding carboxylic acids is 1. The molecule has 7 nitrogen and oxygen atoms in total. The van der Waals surface area contributed by atoms with Gasteiger partial charge in [-0.15, -0.1) is 0 Å². The van der Waals surface area contributed by atoms with Gasteiger partial charge in [0, 0.05) is 48.2 Å². The number of benzene rings is 2. The van der Waals surface area contributed by atoms with Crippen molar-refractivity contribution in [3.05, 3.63) is 72.1 Å². The Kier molecular flexibility index (Phi) is 4.41. The Morgan fingerprint density at radius 2 is 1.89 bits per heavy atom. The van der Waals surface area contributed by atoms with Crippen LogP contribution in [0, 0.1) is 6.92 Å². The molecule has 0 bridgehead atoms. The summed E-state index contributed by atoms with van der Waals surface area (Å²) < 4.78 is 7.34. The molecule has 0 saturated carbocycles. The fourth-order valence-electron chi connectivity index (χ4n) is 2.88. The Balaban J connectivity index is 1.58. The molecule has 0 spiro atoms. The van der Waals surface area contributed by atoms with E-state index in [2.05, 4.69) is 15.3 Å². The van der Waals surface area contributed by atoms with Crippen LogP contribution in [0.1, 0.15) is 15.9 Å². The van der Waals surface area contributed by atoms with E-state index in [1.165, 1.54) is 0 Å². The molecule has 28 heavy (non-hydrogen) atoms. The number of anilines is 1. The number of amides is 1. The Hall–Kier alpha value is -3.87. The Bertz CT molecular complexity index is 1170. The van der Waals surface area contributed by atoms with E-state index in [0.29, 0.717) is 17.0 Å². The molecule has 0 aliphatic heterocycles. The van der Waals surface area contributed by atoms with Gasteiger partial charge in [-0.3, -0.25) is 4.79 Å². The molecule has 0 fully saturated rings. The maximum absolute atomic E-state index is 12.7. The number of carbonyl (C=O) groups is 1. The third-order valence-electron chi connectivity index (χ3n) is 4.47. The van der Waals surface area contributed by atoms with Crippen LogP contribution in [-0.2, 0) is 7.05 Å². The van der Waals surface area contributed by atoms with Crippen molar-refractivity contribution in [2.75, 3.05) is 5.32 Å². The fraction of sp³-hybridized carbons (Fsp3) is 0.0952. The van der Waals surface area contributed by atoms with E-state index in [1.54, 1.807) is 66.5 Å². The number of nitrogens with zero attached hydrogens (tertiary/aromatic N) is 3. The minimum Gasteiger partial charge on any atom is -0.494 e. The van der Waals surface area contributed by atoms with Crippen LogP contribution in [0.5, 0.6) is 17.6 Å². The number of ether oxygens (including phenoxy) is 1. The summed E-state index contributed by atoms with van der Waals surface area (Å²) in [5.74, 6) is 0.455. The standard InChI is InChI=1S/C21H18N4O3/c1-13-4-7-16(12-18(13)28-21-22-8-3-9-23-21)24-20(27)15-6-5-14-11-19(26)25(2)17(14)10-15/h3-12,26H,1-2H3,(H,24,27). The second kappa shape index (κ2) is 7.03. The topological polar surface area (TPSA) is 89.3 Å². The van der Waals surface area contributed by atoms with Gasteiger partial charge in [-0.05, 0) is 36.8 Å². The SMILES string of the molecule is Cc1ccc(NC(=O)c2ccc3cc(O)n(C)c3c2)cc1Oc1ncccn1. The molecule has 2 N–H and O–H groups in total. The van der Waals surface area contributed by atoms with Crippen LogP contribution in [-0.4, -0.2) is 25.5 Å². The molecule has 4 aromatic rings. The smallest absolute Gasteiger partial charge is 0.321 e. The van der Waals surface area contributed by atoms with E-state index in [4.69, 9.17) is 4.74 Å². The summed E-state index contributed by atoms with van der Waals surface area (Å²) in [4.78, 5) is 20.8. The molecule has 2 heterocycles. The Morgan fingerprint density at radius 1 is 1.11 bits per heavy atom. The highest BCUT2D eigenvalue weighted by atomic mass is 16.5. The van der Waals surface area contributed by atoms with Gasteiger partial charge in [-0.25, -0.2) is 9.97 Å². The van der Waals surface area contributed by atoms with E-state index in [-0.39, 0.29) is 17.8 Å². The molecular formula is C21H18N4O3. The number of hydrogen-bond donors (Lipinski definition) is 2. The van der Waals surface area contributed by atoms with Gasteiger partial charge < -0.3 is 19.7 Å². The maximum Gasteiger partial charge on any atom is 0.321 e. The predicted molar refractivity (Wildman–Crippen MR) is 106 cm³/mol. The number of nitrogens with one attached hydrogen (secondary N) is 1. The molecule has 0 radical (unpaired) electrons. The number of aryl methyl sites for hydroxylation is 2. The average molecular weight is 374 g/mol. The lowest BCUT2D eigenvalue weighted by Gasteiger charge is -2.11. The van der Waals surface area contributed by atoms with Gasteiger partial charge in [0.1, 0.15) is 5.75 Å². The molecule has 0 aliphatic carbocycles. The summed E-state index contributed by atoms with van der Waals surface area (Å²) in [5, 5.41) is 13.6. The minimum absolute atomic E-state index is 0.149. The zero-order chi connectivity index (χ0) is 19.7. The van der Waals surface area contributed by atoms with Crippen molar-refractivity contribution < 1.29 is 14.6 Å². The summed E-state index contributed by atoms with van der Waals surface area (Å²) in [7, 11) is 1.74. The Morgan fingerprint density at radius 3 is 2.68 bits per heavy atom. The summed E-state index contributed by atoms with van der Waals surface area (Å²) in [6.45, 7) is 1.90. The molecule has 2 aromatic heterocycles. The first kappa shape index (κ1) is 17.5. The third-order valence-corrected chi connectivity index (χ3v) is 4.47. The summed E-state index contributed by atoms with van der Waals surface area (Å²) >= 11 is 0. The fourth-order valence-corrected chi connectivity index (χ4v) is 2.88.